The van der Waals surface area contributed by atoms with Crippen molar-refractivity contribution in [3.05, 3.63) is 78.1 Å². The van der Waals surface area contributed by atoms with E-state index in [2.05, 4.69) is 21.6 Å². The van der Waals surface area contributed by atoms with Crippen molar-refractivity contribution in [2.24, 2.45) is 0 Å². The van der Waals surface area contributed by atoms with Crippen LogP contribution in [0.25, 0.3) is 0 Å². The largest absolute Gasteiger partial charge is 0.497 e. The van der Waals surface area contributed by atoms with E-state index < -0.39 is 0 Å². The lowest BCUT2D eigenvalue weighted by atomic mass is 10.0. The van der Waals surface area contributed by atoms with E-state index in [0.717, 1.165) is 55.5 Å². The topological polar surface area (TPSA) is 56.2 Å². The molecule has 0 unspecified atom stereocenters. The van der Waals surface area contributed by atoms with Crippen LogP contribution in [0.2, 0.25) is 0 Å². The fourth-order valence-electron chi connectivity index (χ4n) is 4.52. The first-order valence-corrected chi connectivity index (χ1v) is 11.3. The third-order valence-electron chi connectivity index (χ3n) is 6.42. The van der Waals surface area contributed by atoms with Crippen molar-refractivity contribution in [2.45, 2.75) is 19.0 Å². The van der Waals surface area contributed by atoms with Crippen molar-refractivity contribution in [1.82, 2.24) is 14.4 Å². The zero-order valence-electron chi connectivity index (χ0n) is 18.9. The predicted octanol–water partition coefficient (Wildman–Crippen LogP) is 3.55. The molecule has 1 fully saturated rings. The minimum atomic E-state index is -0.0370. The summed E-state index contributed by atoms with van der Waals surface area (Å²) in [5.74, 6) is 2.63. The van der Waals surface area contributed by atoms with Gasteiger partial charge in [-0.3, -0.25) is 9.69 Å². The molecule has 2 aliphatic rings. The summed E-state index contributed by atoms with van der Waals surface area (Å²) in [4.78, 5) is 17.6. The van der Waals surface area contributed by atoms with Crippen LogP contribution in [0.3, 0.4) is 0 Å². The summed E-state index contributed by atoms with van der Waals surface area (Å²) in [5.41, 5.74) is 2.30. The number of benzene rings is 2. The number of ether oxygens (including phenoxy) is 3. The molecule has 7 heteroatoms. The Balaban J connectivity index is 1.19. The predicted molar refractivity (Wildman–Crippen MR) is 125 cm³/mol. The second-order valence-electron chi connectivity index (χ2n) is 8.47. The van der Waals surface area contributed by atoms with Gasteiger partial charge >= 0.3 is 0 Å². The van der Waals surface area contributed by atoms with E-state index in [0.29, 0.717) is 13.2 Å². The molecule has 0 aliphatic carbocycles. The molecule has 0 saturated carbocycles. The molecule has 1 aromatic heterocycles. The van der Waals surface area contributed by atoms with Crippen LogP contribution in [0, 0.1) is 0 Å². The maximum Gasteiger partial charge on any atom is 0.231 e. The highest BCUT2D eigenvalue weighted by atomic mass is 16.7. The third-order valence-corrected chi connectivity index (χ3v) is 6.42. The normalized spacial score (nSPS) is 16.6. The number of piperazine rings is 1. The Hall–Kier alpha value is -3.45. The van der Waals surface area contributed by atoms with Crippen LogP contribution < -0.4 is 14.2 Å². The molecule has 3 aromatic rings. The number of rotatable bonds is 7. The van der Waals surface area contributed by atoms with Crippen LogP contribution in [0.5, 0.6) is 17.2 Å². The lowest BCUT2D eigenvalue weighted by molar-refractivity contribution is -0.133. The Morgan fingerprint density at radius 1 is 0.970 bits per heavy atom. The smallest absolute Gasteiger partial charge is 0.231 e. The average Bonchev–Trinajstić information content (AvgIpc) is 3.55. The van der Waals surface area contributed by atoms with E-state index in [-0.39, 0.29) is 11.9 Å². The van der Waals surface area contributed by atoms with Crippen LogP contribution in [0.4, 0.5) is 0 Å². The molecule has 7 nitrogen and oxygen atoms in total. The lowest BCUT2D eigenvalue weighted by Gasteiger charge is -2.35. The fourth-order valence-corrected chi connectivity index (χ4v) is 4.52. The molecule has 1 atom stereocenters. The molecule has 172 valence electrons. The first kappa shape index (κ1) is 21.4. The highest BCUT2D eigenvalue weighted by Gasteiger charge is 2.25. The SMILES string of the molecule is COc1ccc([C@H](CC(=O)N2CCN(Cc3ccc4c(c3)OCO4)CC2)n2cccc2)cc1. The van der Waals surface area contributed by atoms with Gasteiger partial charge in [0, 0.05) is 45.1 Å². The first-order chi connectivity index (χ1) is 16.2. The molecule has 5 rings (SSSR count). The summed E-state index contributed by atoms with van der Waals surface area (Å²) in [6, 6.07) is 18.0. The Morgan fingerprint density at radius 2 is 1.70 bits per heavy atom. The van der Waals surface area contributed by atoms with Gasteiger partial charge in [-0.15, -0.1) is 0 Å². The van der Waals surface area contributed by atoms with Crippen molar-refractivity contribution in [3.8, 4) is 17.2 Å². The molecule has 0 N–H and O–H groups in total. The minimum absolute atomic E-state index is 0.0370. The third kappa shape index (κ3) is 4.83. The average molecular weight is 448 g/mol. The molecule has 2 aromatic carbocycles. The summed E-state index contributed by atoms with van der Waals surface area (Å²) < 4.78 is 18.3. The molecule has 3 heterocycles. The summed E-state index contributed by atoms with van der Waals surface area (Å²) in [6.07, 6.45) is 4.47. The zero-order chi connectivity index (χ0) is 22.6. The van der Waals surface area contributed by atoms with Gasteiger partial charge in [-0.25, -0.2) is 0 Å². The molecule has 1 amide bonds. The number of nitrogens with zero attached hydrogens (tertiary/aromatic N) is 3. The monoisotopic (exact) mass is 447 g/mol. The number of methoxy groups -OCH3 is 1. The Labute approximate surface area is 194 Å². The maximum absolute atomic E-state index is 13.2. The van der Waals surface area contributed by atoms with E-state index in [1.807, 2.05) is 59.8 Å². The van der Waals surface area contributed by atoms with Gasteiger partial charge in [0.25, 0.3) is 0 Å². The van der Waals surface area contributed by atoms with Gasteiger partial charge in [0.2, 0.25) is 12.7 Å². The van der Waals surface area contributed by atoms with Gasteiger partial charge in [0.05, 0.1) is 19.6 Å². The molecule has 0 bridgehead atoms. The number of carbonyl (C=O) groups excluding carboxylic acids is 1. The van der Waals surface area contributed by atoms with Crippen LogP contribution in [0.1, 0.15) is 23.6 Å². The van der Waals surface area contributed by atoms with Gasteiger partial charge in [0.1, 0.15) is 5.75 Å². The summed E-state index contributed by atoms with van der Waals surface area (Å²) in [6.45, 7) is 4.33. The van der Waals surface area contributed by atoms with Crippen molar-refractivity contribution < 1.29 is 19.0 Å². The van der Waals surface area contributed by atoms with Crippen molar-refractivity contribution in [3.63, 3.8) is 0 Å². The number of amides is 1. The van der Waals surface area contributed by atoms with E-state index in [1.165, 1.54) is 5.56 Å². The van der Waals surface area contributed by atoms with Gasteiger partial charge in [-0.2, -0.15) is 0 Å². The first-order valence-electron chi connectivity index (χ1n) is 11.3. The van der Waals surface area contributed by atoms with Crippen LogP contribution in [-0.4, -0.2) is 60.4 Å². The molecule has 0 radical (unpaired) electrons. The van der Waals surface area contributed by atoms with Crippen molar-refractivity contribution in [2.75, 3.05) is 40.1 Å². The molecular formula is C26H29N3O4. The second-order valence-corrected chi connectivity index (χ2v) is 8.47. The second kappa shape index (κ2) is 9.58. The molecule has 2 aliphatic heterocycles. The van der Waals surface area contributed by atoms with Crippen molar-refractivity contribution >= 4 is 5.91 Å². The molecular weight excluding hydrogens is 418 g/mol. The molecule has 1 saturated heterocycles. The van der Waals surface area contributed by atoms with Crippen LogP contribution in [-0.2, 0) is 11.3 Å². The number of carbonyl (C=O) groups is 1. The van der Waals surface area contributed by atoms with E-state index in [4.69, 9.17) is 14.2 Å². The maximum atomic E-state index is 13.2. The summed E-state index contributed by atoms with van der Waals surface area (Å²) >= 11 is 0. The molecule has 0 spiro atoms. The highest BCUT2D eigenvalue weighted by molar-refractivity contribution is 5.77. The van der Waals surface area contributed by atoms with E-state index in [1.54, 1.807) is 7.11 Å². The Morgan fingerprint density at radius 3 is 2.42 bits per heavy atom. The van der Waals surface area contributed by atoms with Crippen LogP contribution in [0.15, 0.2) is 67.0 Å². The Kier molecular flexibility index (Phi) is 6.21. The fraction of sp³-hybridized carbons (Fsp3) is 0.346. The van der Waals surface area contributed by atoms with Gasteiger partial charge in [0.15, 0.2) is 11.5 Å². The zero-order valence-corrected chi connectivity index (χ0v) is 18.9. The minimum Gasteiger partial charge on any atom is -0.497 e. The number of aromatic nitrogens is 1. The summed E-state index contributed by atoms with van der Waals surface area (Å²) in [7, 11) is 1.66. The number of hydrogen-bond acceptors (Lipinski definition) is 5. The summed E-state index contributed by atoms with van der Waals surface area (Å²) in [5, 5.41) is 0. The highest BCUT2D eigenvalue weighted by Crippen LogP contribution is 2.33. The lowest BCUT2D eigenvalue weighted by Crippen LogP contribution is -2.48. The van der Waals surface area contributed by atoms with Crippen molar-refractivity contribution in [1.29, 1.82) is 0 Å². The van der Waals surface area contributed by atoms with E-state index in [9.17, 15) is 4.79 Å². The van der Waals surface area contributed by atoms with Gasteiger partial charge < -0.3 is 23.7 Å². The number of fused-ring (bicyclic) bond motifs is 1. The Bertz CT molecular complexity index is 1070. The quantitative estimate of drug-likeness (QED) is 0.555. The van der Waals surface area contributed by atoms with Crippen LogP contribution >= 0.6 is 0 Å². The standard InChI is InChI=1S/C26H29N3O4/c1-31-22-7-5-21(6-8-22)23(28-10-2-3-11-28)17-26(30)29-14-12-27(13-15-29)18-20-4-9-24-25(16-20)33-19-32-24/h2-11,16,23H,12-15,17-19H2,1H3/t23-/m0/s1. The molecule has 33 heavy (non-hydrogen) atoms. The van der Waals surface area contributed by atoms with Gasteiger partial charge in [-0.05, 0) is 47.5 Å². The van der Waals surface area contributed by atoms with E-state index >= 15 is 0 Å². The van der Waals surface area contributed by atoms with Gasteiger partial charge in [-0.1, -0.05) is 18.2 Å². The number of hydrogen-bond donors (Lipinski definition) is 0.